The van der Waals surface area contributed by atoms with E-state index in [0.29, 0.717) is 12.8 Å². The number of aliphatic hydroxyl groups is 7. The second kappa shape index (κ2) is 37.4. The molecule has 0 bridgehead atoms. The molecule has 7 N–H and O–H groups in total. The van der Waals surface area contributed by atoms with Crippen LogP contribution in [0.1, 0.15) is 117 Å². The SMILES string of the molecule is CC/C=C\C/C=C\C/C=C\C/C=C\C/C=C\CC(=O)OC(COC(=O)CCCCCCC/C=C\C/C=C\C/C=C\CC)COC1OC(COC2OC(CO)C(O)C(O)C2O)C(O)C(O)C1O. The molecule has 2 rings (SSSR count). The van der Waals surface area contributed by atoms with Crippen molar-refractivity contribution in [3.63, 3.8) is 0 Å². The first-order chi connectivity index (χ1) is 32.0. The van der Waals surface area contributed by atoms with Gasteiger partial charge in [0.05, 0.1) is 26.2 Å². The fourth-order valence-electron chi connectivity index (χ4n) is 6.72. The molecule has 2 saturated heterocycles. The Morgan fingerprint density at radius 2 is 0.955 bits per heavy atom. The lowest BCUT2D eigenvalue weighted by molar-refractivity contribution is -0.332. The van der Waals surface area contributed by atoms with Crippen LogP contribution >= 0.6 is 0 Å². The van der Waals surface area contributed by atoms with Crippen LogP contribution in [-0.4, -0.2) is 142 Å². The Labute approximate surface area is 392 Å². The molecule has 0 aromatic heterocycles. The van der Waals surface area contributed by atoms with E-state index in [1.165, 1.54) is 0 Å². The molecular formula is C51H80O15. The van der Waals surface area contributed by atoms with Crippen molar-refractivity contribution in [1.82, 2.24) is 0 Å². The summed E-state index contributed by atoms with van der Waals surface area (Å²) in [6.07, 6.45) is 29.0. The Morgan fingerprint density at radius 3 is 1.50 bits per heavy atom. The van der Waals surface area contributed by atoms with Gasteiger partial charge in [-0.2, -0.15) is 0 Å². The van der Waals surface area contributed by atoms with E-state index in [1.54, 1.807) is 6.08 Å². The lowest BCUT2D eigenvalue weighted by Crippen LogP contribution is -2.61. The molecule has 0 aliphatic carbocycles. The van der Waals surface area contributed by atoms with Gasteiger partial charge in [0.2, 0.25) is 0 Å². The number of unbranched alkanes of at least 4 members (excludes halogenated alkanes) is 5. The second-order valence-corrected chi connectivity index (χ2v) is 16.2. The van der Waals surface area contributed by atoms with Crippen LogP contribution < -0.4 is 0 Å². The average Bonchev–Trinajstić information content (AvgIpc) is 3.31. The molecule has 0 amide bonds. The van der Waals surface area contributed by atoms with Gasteiger partial charge in [-0.3, -0.25) is 9.59 Å². The summed E-state index contributed by atoms with van der Waals surface area (Å²) < 4.78 is 33.3. The molecular weight excluding hydrogens is 853 g/mol. The van der Waals surface area contributed by atoms with E-state index in [9.17, 15) is 45.3 Å². The minimum atomic E-state index is -1.79. The van der Waals surface area contributed by atoms with Crippen LogP contribution in [-0.2, 0) is 38.0 Å². The zero-order valence-corrected chi connectivity index (χ0v) is 39.1. The van der Waals surface area contributed by atoms with E-state index in [-0.39, 0.29) is 19.4 Å². The van der Waals surface area contributed by atoms with E-state index in [4.69, 9.17) is 28.4 Å². The number of esters is 2. The number of ether oxygens (including phenoxy) is 6. The van der Waals surface area contributed by atoms with E-state index in [2.05, 4.69) is 86.8 Å². The molecule has 15 heteroatoms. The third kappa shape index (κ3) is 25.5. The third-order valence-corrected chi connectivity index (χ3v) is 10.6. The number of aliphatic hydroxyl groups excluding tert-OH is 7. The molecule has 0 aromatic rings. The van der Waals surface area contributed by atoms with Gasteiger partial charge in [-0.1, -0.05) is 130 Å². The van der Waals surface area contributed by atoms with Gasteiger partial charge in [-0.25, -0.2) is 0 Å². The van der Waals surface area contributed by atoms with Gasteiger partial charge in [0.15, 0.2) is 18.7 Å². The first-order valence-corrected chi connectivity index (χ1v) is 23.8. The van der Waals surface area contributed by atoms with Crippen LogP contribution in [0.3, 0.4) is 0 Å². The molecule has 0 radical (unpaired) electrons. The molecule has 0 aromatic carbocycles. The second-order valence-electron chi connectivity index (χ2n) is 16.2. The van der Waals surface area contributed by atoms with E-state index < -0.39 is 99.3 Å². The highest BCUT2D eigenvalue weighted by molar-refractivity contribution is 5.71. The van der Waals surface area contributed by atoms with Gasteiger partial charge in [0.1, 0.15) is 55.4 Å². The molecule has 2 fully saturated rings. The predicted molar refractivity (Wildman–Crippen MR) is 252 cm³/mol. The fourth-order valence-corrected chi connectivity index (χ4v) is 6.72. The lowest BCUT2D eigenvalue weighted by Gasteiger charge is -2.42. The maximum atomic E-state index is 12.9. The van der Waals surface area contributed by atoms with Gasteiger partial charge in [0, 0.05) is 6.42 Å². The molecule has 2 aliphatic rings. The number of carbonyl (C=O) groups excluding carboxylic acids is 2. The summed E-state index contributed by atoms with van der Waals surface area (Å²) in [4.78, 5) is 25.6. The number of rotatable bonds is 34. The van der Waals surface area contributed by atoms with Crippen molar-refractivity contribution in [2.24, 2.45) is 0 Å². The predicted octanol–water partition coefficient (Wildman–Crippen LogP) is 5.81. The van der Waals surface area contributed by atoms with Crippen molar-refractivity contribution in [3.05, 3.63) is 97.2 Å². The Morgan fingerprint density at radius 1 is 0.500 bits per heavy atom. The molecule has 2 heterocycles. The highest BCUT2D eigenvalue weighted by Gasteiger charge is 2.47. The van der Waals surface area contributed by atoms with E-state index in [0.717, 1.165) is 77.0 Å². The van der Waals surface area contributed by atoms with Gasteiger partial charge in [0.25, 0.3) is 0 Å². The summed E-state index contributed by atoms with van der Waals surface area (Å²) in [6.45, 7) is 2.20. The van der Waals surface area contributed by atoms with Crippen LogP contribution in [0.15, 0.2) is 97.2 Å². The summed E-state index contributed by atoms with van der Waals surface area (Å²) in [5, 5.41) is 71.9. The minimum absolute atomic E-state index is 0.0768. The van der Waals surface area contributed by atoms with Crippen molar-refractivity contribution in [2.45, 2.75) is 184 Å². The van der Waals surface area contributed by atoms with Crippen LogP contribution in [0.25, 0.3) is 0 Å². The Hall–Kier alpha value is -3.58. The molecule has 66 heavy (non-hydrogen) atoms. The Kier molecular flexibility index (Phi) is 33.2. The standard InChI is InChI=1S/C51H80O15/c1-3-5-7-9-11-13-15-17-19-21-23-25-27-29-31-33-42(53)61-36-39(64-43(54)34-32-30-28-26-24-22-20-18-16-14-12-10-8-6-4-2)37-62-50-49(60)47(58)45(56)41(66-50)38-63-51-48(59)46(57)44(55)40(35-52)65-51/h5-8,11-14,17-20,24,26,30,32,39-41,44-52,55-60H,3-4,9-10,15-16,21-23,25,27-29,31,33-38H2,1-2H3/b7-5-,8-6-,13-11-,14-12-,19-17-,20-18-,26-24-,32-30-. The maximum Gasteiger partial charge on any atom is 0.310 e. The molecule has 2 aliphatic heterocycles. The van der Waals surface area contributed by atoms with E-state index >= 15 is 0 Å². The first kappa shape index (κ1) is 58.5. The summed E-state index contributed by atoms with van der Waals surface area (Å²) >= 11 is 0. The van der Waals surface area contributed by atoms with Gasteiger partial charge in [-0.15, -0.1) is 0 Å². The van der Waals surface area contributed by atoms with Crippen molar-refractivity contribution in [2.75, 3.05) is 26.4 Å². The smallest absolute Gasteiger partial charge is 0.310 e. The van der Waals surface area contributed by atoms with Crippen molar-refractivity contribution >= 4 is 11.9 Å². The zero-order valence-electron chi connectivity index (χ0n) is 39.1. The number of carbonyl (C=O) groups is 2. The molecule has 374 valence electrons. The molecule has 0 saturated carbocycles. The van der Waals surface area contributed by atoms with Crippen LogP contribution in [0.5, 0.6) is 0 Å². The monoisotopic (exact) mass is 933 g/mol. The van der Waals surface area contributed by atoms with Crippen molar-refractivity contribution in [3.8, 4) is 0 Å². The minimum Gasteiger partial charge on any atom is -0.462 e. The summed E-state index contributed by atoms with van der Waals surface area (Å²) in [6, 6.07) is 0. The zero-order chi connectivity index (χ0) is 48.2. The summed E-state index contributed by atoms with van der Waals surface area (Å²) in [7, 11) is 0. The quantitative estimate of drug-likeness (QED) is 0.0229. The lowest BCUT2D eigenvalue weighted by atomic mass is 9.98. The van der Waals surface area contributed by atoms with Crippen molar-refractivity contribution in [1.29, 1.82) is 0 Å². The number of hydrogen-bond acceptors (Lipinski definition) is 15. The average molecular weight is 933 g/mol. The van der Waals surface area contributed by atoms with Crippen molar-refractivity contribution < 1.29 is 73.8 Å². The number of hydrogen-bond donors (Lipinski definition) is 7. The van der Waals surface area contributed by atoms with Gasteiger partial charge < -0.3 is 64.2 Å². The third-order valence-electron chi connectivity index (χ3n) is 10.6. The maximum absolute atomic E-state index is 12.9. The van der Waals surface area contributed by atoms with Gasteiger partial charge >= 0.3 is 11.9 Å². The molecule has 11 atom stereocenters. The normalized spacial score (nSPS) is 27.0. The largest absolute Gasteiger partial charge is 0.462 e. The Balaban J connectivity index is 1.89. The summed E-state index contributed by atoms with van der Waals surface area (Å²) in [5.74, 6) is -1.11. The molecule has 11 unspecified atom stereocenters. The van der Waals surface area contributed by atoms with E-state index in [1.807, 2.05) is 18.2 Å². The van der Waals surface area contributed by atoms with Crippen LogP contribution in [0.2, 0.25) is 0 Å². The van der Waals surface area contributed by atoms with Gasteiger partial charge in [-0.05, 0) is 70.6 Å². The topological polar surface area (TPSA) is 231 Å². The molecule has 15 nitrogen and oxygen atoms in total. The van der Waals surface area contributed by atoms with Crippen LogP contribution in [0.4, 0.5) is 0 Å². The first-order valence-electron chi connectivity index (χ1n) is 23.8. The number of allylic oxidation sites excluding steroid dienone is 15. The summed E-state index contributed by atoms with van der Waals surface area (Å²) in [5.41, 5.74) is 0. The van der Waals surface area contributed by atoms with Crippen LogP contribution in [0, 0.1) is 0 Å². The highest BCUT2D eigenvalue weighted by atomic mass is 16.7. The molecule has 0 spiro atoms. The Bertz CT molecular complexity index is 1520. The fraction of sp³-hybridized carbons (Fsp3) is 0.647. The highest BCUT2D eigenvalue weighted by Crippen LogP contribution is 2.26.